The fraction of sp³-hybridized carbons (Fsp3) is 0.188. The molecule has 0 saturated heterocycles. The van der Waals surface area contributed by atoms with E-state index < -0.39 is 0 Å². The molecule has 5 heteroatoms. The van der Waals surface area contributed by atoms with Gasteiger partial charge in [0, 0.05) is 9.50 Å². The Morgan fingerprint density at radius 2 is 2.10 bits per heavy atom. The van der Waals surface area contributed by atoms with E-state index in [-0.39, 0.29) is 6.04 Å². The summed E-state index contributed by atoms with van der Waals surface area (Å²) in [5.41, 5.74) is 2.28. The van der Waals surface area contributed by atoms with Crippen molar-refractivity contribution in [3.8, 4) is 0 Å². The molecule has 0 spiro atoms. The molecule has 1 unspecified atom stereocenters. The zero-order valence-corrected chi connectivity index (χ0v) is 14.6. The summed E-state index contributed by atoms with van der Waals surface area (Å²) in [6.07, 6.45) is 0.869. The van der Waals surface area contributed by atoms with E-state index in [4.69, 9.17) is 16.6 Å². The molecular weight excluding hydrogens is 368 g/mol. The lowest BCUT2D eigenvalue weighted by molar-refractivity contribution is 0.588. The highest BCUT2D eigenvalue weighted by atomic mass is 79.9. The predicted octanol–water partition coefficient (Wildman–Crippen LogP) is 5.22. The Morgan fingerprint density at radius 1 is 1.29 bits per heavy atom. The molecule has 3 aromatic rings. The molecule has 0 fully saturated rings. The molecule has 2 nitrogen and oxygen atoms in total. The minimum Gasteiger partial charge on any atom is -0.311 e. The summed E-state index contributed by atoms with van der Waals surface area (Å²) in [5, 5.41) is 5.22. The molecule has 3 rings (SSSR count). The van der Waals surface area contributed by atoms with E-state index in [0.29, 0.717) is 0 Å². The number of thiazole rings is 1. The van der Waals surface area contributed by atoms with Gasteiger partial charge < -0.3 is 5.32 Å². The number of rotatable bonds is 4. The van der Waals surface area contributed by atoms with Crippen LogP contribution >= 0.6 is 38.9 Å². The summed E-state index contributed by atoms with van der Waals surface area (Å²) in [6, 6.07) is 14.4. The second-order valence-corrected chi connectivity index (χ2v) is 7.15. The highest BCUT2D eigenvalue weighted by molar-refractivity contribution is 9.10. The Bertz CT molecular complexity index is 739. The third-order valence-corrected chi connectivity index (χ3v) is 5.52. The lowest BCUT2D eigenvalue weighted by atomic mass is 10.1. The number of benzene rings is 2. The number of nitrogens with zero attached hydrogens (tertiary/aromatic N) is 1. The first-order valence-corrected chi connectivity index (χ1v) is 8.63. The maximum atomic E-state index is 6.00. The molecule has 0 bridgehead atoms. The highest BCUT2D eigenvalue weighted by Gasteiger charge is 2.16. The van der Waals surface area contributed by atoms with Gasteiger partial charge in [-0.15, -0.1) is 11.3 Å². The molecule has 1 aromatic heterocycles. The Labute approximate surface area is 141 Å². The predicted molar refractivity (Wildman–Crippen MR) is 94.3 cm³/mol. The third-order valence-electron chi connectivity index (χ3n) is 3.40. The average Bonchev–Trinajstić information content (AvgIpc) is 2.90. The van der Waals surface area contributed by atoms with Crippen molar-refractivity contribution >= 4 is 49.1 Å². The van der Waals surface area contributed by atoms with Gasteiger partial charge in [0.1, 0.15) is 5.01 Å². The number of halogens is 2. The fourth-order valence-corrected chi connectivity index (χ4v) is 4.18. The number of hydrogen-bond donors (Lipinski definition) is 1. The van der Waals surface area contributed by atoms with Crippen molar-refractivity contribution in [1.29, 1.82) is 0 Å². The summed E-state index contributed by atoms with van der Waals surface area (Å²) < 4.78 is 2.26. The largest absolute Gasteiger partial charge is 0.311 e. The van der Waals surface area contributed by atoms with Gasteiger partial charge in [-0.1, -0.05) is 45.7 Å². The average molecular weight is 382 g/mol. The number of hydrogen-bond acceptors (Lipinski definition) is 3. The Hall–Kier alpha value is -0.940. The molecule has 2 aromatic carbocycles. The van der Waals surface area contributed by atoms with E-state index in [0.717, 1.165) is 26.4 Å². The summed E-state index contributed by atoms with van der Waals surface area (Å²) in [5.74, 6) is 0. The maximum absolute atomic E-state index is 6.00. The van der Waals surface area contributed by atoms with Crippen molar-refractivity contribution in [2.75, 3.05) is 7.05 Å². The first-order chi connectivity index (χ1) is 10.2. The number of aromatic nitrogens is 1. The molecule has 0 aliphatic rings. The van der Waals surface area contributed by atoms with E-state index in [1.54, 1.807) is 11.3 Å². The molecule has 21 heavy (non-hydrogen) atoms. The first kappa shape index (κ1) is 15.0. The molecule has 1 heterocycles. The summed E-state index contributed by atoms with van der Waals surface area (Å²) in [6.45, 7) is 0. The van der Waals surface area contributed by atoms with Crippen LogP contribution in [0.25, 0.3) is 10.2 Å². The smallest absolute Gasteiger partial charge is 0.111 e. The van der Waals surface area contributed by atoms with Crippen molar-refractivity contribution in [2.24, 2.45) is 0 Å². The summed E-state index contributed by atoms with van der Waals surface area (Å²) in [4.78, 5) is 4.74. The van der Waals surface area contributed by atoms with Crippen LogP contribution in [0.2, 0.25) is 5.02 Å². The molecule has 0 aliphatic heterocycles. The van der Waals surface area contributed by atoms with Crippen LogP contribution in [0, 0.1) is 0 Å². The highest BCUT2D eigenvalue weighted by Crippen LogP contribution is 2.30. The molecule has 1 atom stereocenters. The van der Waals surface area contributed by atoms with Gasteiger partial charge >= 0.3 is 0 Å². The molecule has 0 amide bonds. The van der Waals surface area contributed by atoms with E-state index in [1.165, 1.54) is 10.3 Å². The lowest BCUT2D eigenvalue weighted by Crippen LogP contribution is -2.18. The second kappa shape index (κ2) is 6.44. The van der Waals surface area contributed by atoms with Crippen molar-refractivity contribution in [1.82, 2.24) is 10.3 Å². The van der Waals surface area contributed by atoms with Gasteiger partial charge in [-0.3, -0.25) is 0 Å². The van der Waals surface area contributed by atoms with Crippen molar-refractivity contribution in [2.45, 2.75) is 12.5 Å². The van der Waals surface area contributed by atoms with Gasteiger partial charge in [0.15, 0.2) is 0 Å². The molecule has 0 radical (unpaired) electrons. The van der Waals surface area contributed by atoms with E-state index >= 15 is 0 Å². The number of fused-ring (bicyclic) bond motifs is 1. The van der Waals surface area contributed by atoms with Crippen LogP contribution in [-0.4, -0.2) is 12.0 Å². The normalized spacial score (nSPS) is 12.7. The number of likely N-dealkylation sites (N-methyl/N-ethyl adjacent to an activating group) is 1. The Morgan fingerprint density at radius 3 is 2.81 bits per heavy atom. The number of nitrogens with one attached hydrogen (secondary N) is 1. The summed E-state index contributed by atoms with van der Waals surface area (Å²) in [7, 11) is 1.97. The Balaban J connectivity index is 1.90. The van der Waals surface area contributed by atoms with Gasteiger partial charge in [-0.05, 0) is 43.3 Å². The zero-order valence-electron chi connectivity index (χ0n) is 11.4. The van der Waals surface area contributed by atoms with Crippen molar-refractivity contribution in [3.05, 3.63) is 62.5 Å². The number of para-hydroxylation sites is 1. The van der Waals surface area contributed by atoms with Crippen molar-refractivity contribution < 1.29 is 0 Å². The first-order valence-electron chi connectivity index (χ1n) is 6.64. The van der Waals surface area contributed by atoms with Crippen LogP contribution in [0.5, 0.6) is 0 Å². The van der Waals surface area contributed by atoms with Crippen LogP contribution in [0.1, 0.15) is 16.6 Å². The van der Waals surface area contributed by atoms with Crippen LogP contribution in [-0.2, 0) is 6.42 Å². The van der Waals surface area contributed by atoms with E-state index in [9.17, 15) is 0 Å². The molecular formula is C16H14BrClN2S. The van der Waals surface area contributed by atoms with Gasteiger partial charge in [0.05, 0.1) is 16.3 Å². The standard InChI is InChI=1S/C16H14BrClN2S/c1-19-14(8-10-6-7-11(18)9-12(10)17)16-20-13-4-2-3-5-15(13)21-16/h2-7,9,14,19H,8H2,1H3. The minimum atomic E-state index is 0.194. The monoisotopic (exact) mass is 380 g/mol. The summed E-state index contributed by atoms with van der Waals surface area (Å²) >= 11 is 11.3. The Kier molecular flexibility index (Phi) is 4.60. The maximum Gasteiger partial charge on any atom is 0.111 e. The van der Waals surface area contributed by atoms with E-state index in [1.807, 2.05) is 25.2 Å². The third kappa shape index (κ3) is 3.29. The van der Waals surface area contributed by atoms with Crippen LogP contribution in [0.4, 0.5) is 0 Å². The lowest BCUT2D eigenvalue weighted by Gasteiger charge is -2.14. The quantitative estimate of drug-likeness (QED) is 0.670. The molecule has 0 saturated carbocycles. The van der Waals surface area contributed by atoms with Gasteiger partial charge in [-0.2, -0.15) is 0 Å². The van der Waals surface area contributed by atoms with Crippen LogP contribution in [0.3, 0.4) is 0 Å². The van der Waals surface area contributed by atoms with Crippen LogP contribution in [0.15, 0.2) is 46.9 Å². The van der Waals surface area contributed by atoms with Gasteiger partial charge in [-0.25, -0.2) is 4.98 Å². The minimum absolute atomic E-state index is 0.194. The van der Waals surface area contributed by atoms with Crippen LogP contribution < -0.4 is 5.32 Å². The van der Waals surface area contributed by atoms with E-state index in [2.05, 4.69) is 45.5 Å². The molecule has 0 aliphatic carbocycles. The van der Waals surface area contributed by atoms with Gasteiger partial charge in [0.25, 0.3) is 0 Å². The van der Waals surface area contributed by atoms with Gasteiger partial charge in [0.2, 0.25) is 0 Å². The zero-order chi connectivity index (χ0) is 14.8. The van der Waals surface area contributed by atoms with Crippen molar-refractivity contribution in [3.63, 3.8) is 0 Å². The SMILES string of the molecule is CNC(Cc1ccc(Cl)cc1Br)c1nc2ccccc2s1. The topological polar surface area (TPSA) is 24.9 Å². The molecule has 1 N–H and O–H groups in total. The molecule has 108 valence electrons. The second-order valence-electron chi connectivity index (χ2n) is 4.80. The fourth-order valence-electron chi connectivity index (χ4n) is 2.26.